The molecule has 0 bridgehead atoms. The highest BCUT2D eigenvalue weighted by Gasteiger charge is 2.30. The van der Waals surface area contributed by atoms with Crippen molar-refractivity contribution < 1.29 is 14.3 Å². The highest BCUT2D eigenvalue weighted by atomic mass is 32.1. The smallest absolute Gasteiger partial charge is 0.255 e. The van der Waals surface area contributed by atoms with Gasteiger partial charge in [0.25, 0.3) is 5.91 Å². The SMILES string of the molecule is CCCCOc1ccc([C@H]2NC(=S)NC(C)=C2C(=O)Nc2ccccc2)cc1OCC. The first kappa shape index (κ1) is 22.6. The van der Waals surface area contributed by atoms with E-state index < -0.39 is 6.04 Å². The van der Waals surface area contributed by atoms with E-state index in [4.69, 9.17) is 21.7 Å². The van der Waals surface area contributed by atoms with Crippen LogP contribution in [-0.4, -0.2) is 24.2 Å². The maximum Gasteiger partial charge on any atom is 0.255 e. The van der Waals surface area contributed by atoms with E-state index in [2.05, 4.69) is 22.9 Å². The van der Waals surface area contributed by atoms with Crippen LogP contribution in [0.4, 0.5) is 5.69 Å². The summed E-state index contributed by atoms with van der Waals surface area (Å²) in [5, 5.41) is 9.73. The highest BCUT2D eigenvalue weighted by Crippen LogP contribution is 2.35. The second kappa shape index (κ2) is 10.8. The van der Waals surface area contributed by atoms with Gasteiger partial charge in [-0.3, -0.25) is 4.79 Å². The van der Waals surface area contributed by atoms with E-state index in [-0.39, 0.29) is 5.91 Å². The maximum absolute atomic E-state index is 13.2. The molecule has 0 aliphatic carbocycles. The lowest BCUT2D eigenvalue weighted by Gasteiger charge is -2.30. The molecule has 1 heterocycles. The Balaban J connectivity index is 1.92. The van der Waals surface area contributed by atoms with Gasteiger partial charge in [-0.2, -0.15) is 0 Å². The van der Waals surface area contributed by atoms with E-state index in [1.807, 2.05) is 62.4 Å². The minimum atomic E-state index is -0.415. The van der Waals surface area contributed by atoms with Gasteiger partial charge in [-0.15, -0.1) is 0 Å². The van der Waals surface area contributed by atoms with E-state index in [9.17, 15) is 4.79 Å². The normalized spacial score (nSPS) is 15.7. The Morgan fingerprint density at radius 1 is 1.10 bits per heavy atom. The second-order valence-corrected chi connectivity index (χ2v) is 7.64. The van der Waals surface area contributed by atoms with Crippen molar-refractivity contribution in [3.63, 3.8) is 0 Å². The molecular formula is C24H29N3O3S. The first-order chi connectivity index (χ1) is 15.0. The number of hydrogen-bond donors (Lipinski definition) is 3. The number of anilines is 1. The lowest BCUT2D eigenvalue weighted by molar-refractivity contribution is -0.113. The maximum atomic E-state index is 13.2. The predicted octanol–water partition coefficient (Wildman–Crippen LogP) is 4.70. The summed E-state index contributed by atoms with van der Waals surface area (Å²) in [6, 6.07) is 14.7. The molecule has 3 N–H and O–H groups in total. The summed E-state index contributed by atoms with van der Waals surface area (Å²) in [6.45, 7) is 7.06. The van der Waals surface area contributed by atoms with Gasteiger partial charge in [0.2, 0.25) is 0 Å². The molecule has 0 fully saturated rings. The molecule has 0 saturated carbocycles. The summed E-state index contributed by atoms with van der Waals surface area (Å²) in [7, 11) is 0. The number of carbonyl (C=O) groups is 1. The van der Waals surface area contributed by atoms with Gasteiger partial charge in [0.1, 0.15) is 0 Å². The Morgan fingerprint density at radius 2 is 1.87 bits per heavy atom. The average molecular weight is 440 g/mol. The first-order valence-electron chi connectivity index (χ1n) is 10.6. The Hall–Kier alpha value is -3.06. The molecule has 1 atom stereocenters. The monoisotopic (exact) mass is 439 g/mol. The third-order valence-electron chi connectivity index (χ3n) is 4.90. The molecule has 0 aromatic heterocycles. The molecule has 0 unspecified atom stereocenters. The molecule has 0 spiro atoms. The van der Waals surface area contributed by atoms with E-state index in [1.165, 1.54) is 0 Å². The number of ether oxygens (including phenoxy) is 2. The fourth-order valence-electron chi connectivity index (χ4n) is 3.38. The average Bonchev–Trinajstić information content (AvgIpc) is 2.75. The molecule has 1 aliphatic heterocycles. The fourth-order valence-corrected chi connectivity index (χ4v) is 3.65. The molecule has 0 radical (unpaired) electrons. The minimum absolute atomic E-state index is 0.197. The van der Waals surface area contributed by atoms with Gasteiger partial charge in [0.05, 0.1) is 24.8 Å². The Kier molecular flexibility index (Phi) is 7.89. The van der Waals surface area contributed by atoms with E-state index in [0.29, 0.717) is 41.1 Å². The Labute approximate surface area is 189 Å². The highest BCUT2D eigenvalue weighted by molar-refractivity contribution is 7.80. The van der Waals surface area contributed by atoms with Crippen molar-refractivity contribution in [3.8, 4) is 11.5 Å². The summed E-state index contributed by atoms with van der Waals surface area (Å²) in [5.74, 6) is 1.16. The molecule has 2 aromatic carbocycles. The number of unbranched alkanes of at least 4 members (excludes halogenated alkanes) is 1. The minimum Gasteiger partial charge on any atom is -0.490 e. The van der Waals surface area contributed by atoms with Crippen molar-refractivity contribution in [1.29, 1.82) is 0 Å². The van der Waals surface area contributed by atoms with Crippen molar-refractivity contribution in [2.45, 2.75) is 39.7 Å². The van der Waals surface area contributed by atoms with Crippen molar-refractivity contribution in [2.24, 2.45) is 0 Å². The molecule has 164 valence electrons. The predicted molar refractivity (Wildman–Crippen MR) is 127 cm³/mol. The van der Waals surface area contributed by atoms with Crippen LogP contribution in [0, 0.1) is 0 Å². The molecular weight excluding hydrogens is 410 g/mol. The number of nitrogens with one attached hydrogen (secondary N) is 3. The van der Waals surface area contributed by atoms with Gasteiger partial charge >= 0.3 is 0 Å². The van der Waals surface area contributed by atoms with Crippen LogP contribution in [0.1, 0.15) is 45.2 Å². The number of hydrogen-bond acceptors (Lipinski definition) is 4. The molecule has 1 aliphatic rings. The molecule has 6 nitrogen and oxygen atoms in total. The number of benzene rings is 2. The van der Waals surface area contributed by atoms with Gasteiger partial charge in [-0.1, -0.05) is 37.6 Å². The van der Waals surface area contributed by atoms with Gasteiger partial charge in [-0.05, 0) is 62.3 Å². The van der Waals surface area contributed by atoms with Crippen LogP contribution >= 0.6 is 12.2 Å². The largest absolute Gasteiger partial charge is 0.490 e. The lowest BCUT2D eigenvalue weighted by atomic mass is 9.94. The molecule has 31 heavy (non-hydrogen) atoms. The van der Waals surface area contributed by atoms with Crippen molar-refractivity contribution in [3.05, 3.63) is 65.4 Å². The zero-order chi connectivity index (χ0) is 22.2. The van der Waals surface area contributed by atoms with Crippen LogP contribution in [0.15, 0.2) is 59.8 Å². The third-order valence-corrected chi connectivity index (χ3v) is 5.12. The first-order valence-corrected chi connectivity index (χ1v) is 11.0. The van der Waals surface area contributed by atoms with E-state index in [0.717, 1.165) is 24.1 Å². The lowest BCUT2D eigenvalue weighted by Crippen LogP contribution is -2.45. The van der Waals surface area contributed by atoms with Crippen molar-refractivity contribution in [2.75, 3.05) is 18.5 Å². The number of rotatable bonds is 9. The van der Waals surface area contributed by atoms with E-state index >= 15 is 0 Å². The van der Waals surface area contributed by atoms with Gasteiger partial charge in [-0.25, -0.2) is 0 Å². The number of carbonyl (C=O) groups excluding carboxylic acids is 1. The fraction of sp³-hybridized carbons (Fsp3) is 0.333. The van der Waals surface area contributed by atoms with Crippen LogP contribution in [0.2, 0.25) is 0 Å². The zero-order valence-electron chi connectivity index (χ0n) is 18.2. The standard InChI is InChI=1S/C24H29N3O3S/c1-4-6-14-30-19-13-12-17(15-20(19)29-5-2)22-21(16(3)25-24(31)27-22)23(28)26-18-10-8-7-9-11-18/h7-13,15,22H,4-6,14H2,1-3H3,(H,26,28)(H2,25,27,31)/t22-/m1/s1. The number of amides is 1. The second-order valence-electron chi connectivity index (χ2n) is 7.23. The van der Waals surface area contributed by atoms with Crippen LogP contribution in [0.5, 0.6) is 11.5 Å². The topological polar surface area (TPSA) is 71.6 Å². The summed E-state index contributed by atoms with van der Waals surface area (Å²) < 4.78 is 11.7. The zero-order valence-corrected chi connectivity index (χ0v) is 19.0. The summed E-state index contributed by atoms with van der Waals surface area (Å²) in [5.41, 5.74) is 2.88. The number of allylic oxidation sites excluding steroid dienone is 1. The molecule has 7 heteroatoms. The van der Waals surface area contributed by atoms with Crippen LogP contribution in [0.25, 0.3) is 0 Å². The molecule has 0 saturated heterocycles. The number of para-hydroxylation sites is 1. The van der Waals surface area contributed by atoms with Gasteiger partial charge in [0, 0.05) is 11.4 Å². The Morgan fingerprint density at radius 3 is 2.58 bits per heavy atom. The quantitative estimate of drug-likeness (QED) is 0.389. The van der Waals surface area contributed by atoms with Crippen LogP contribution in [0.3, 0.4) is 0 Å². The van der Waals surface area contributed by atoms with E-state index in [1.54, 1.807) is 0 Å². The van der Waals surface area contributed by atoms with Gasteiger partial charge < -0.3 is 25.4 Å². The van der Waals surface area contributed by atoms with Crippen molar-refractivity contribution >= 4 is 28.9 Å². The van der Waals surface area contributed by atoms with Crippen molar-refractivity contribution in [1.82, 2.24) is 10.6 Å². The van der Waals surface area contributed by atoms with Crippen LogP contribution < -0.4 is 25.4 Å². The summed E-state index contributed by atoms with van der Waals surface area (Å²) in [6.07, 6.45) is 2.03. The van der Waals surface area contributed by atoms with Gasteiger partial charge in [0.15, 0.2) is 16.6 Å². The third kappa shape index (κ3) is 5.76. The summed E-state index contributed by atoms with van der Waals surface area (Å²) >= 11 is 5.37. The molecule has 2 aromatic rings. The Bertz CT molecular complexity index is 960. The van der Waals surface area contributed by atoms with Crippen LogP contribution in [-0.2, 0) is 4.79 Å². The molecule has 1 amide bonds. The summed E-state index contributed by atoms with van der Waals surface area (Å²) in [4.78, 5) is 13.2. The number of thiocarbonyl (C=S) groups is 1. The molecule has 3 rings (SSSR count).